The second-order valence-electron chi connectivity index (χ2n) is 4.74. The lowest BCUT2D eigenvalue weighted by molar-refractivity contribution is -0.0398. The van der Waals surface area contributed by atoms with Crippen molar-refractivity contribution in [3.8, 4) is 0 Å². The van der Waals surface area contributed by atoms with Crippen LogP contribution in [0.25, 0.3) is 0 Å². The summed E-state index contributed by atoms with van der Waals surface area (Å²) in [6.45, 7) is 5.67. The number of likely N-dealkylation sites (N-methyl/N-ethyl adjacent to an activating group) is 1. The zero-order valence-corrected chi connectivity index (χ0v) is 11.6. The maximum absolute atomic E-state index is 11.0. The number of nitrogens with zero attached hydrogens (tertiary/aromatic N) is 1. The van der Waals surface area contributed by atoms with Crippen molar-refractivity contribution >= 4 is 9.84 Å². The largest absolute Gasteiger partial charge is 0.374 e. The predicted molar refractivity (Wildman–Crippen MR) is 68.8 cm³/mol. The SMILES string of the molecule is CCN1CCOC(C(N)CCCS(C)(=O)=O)C1. The van der Waals surface area contributed by atoms with E-state index in [0.717, 1.165) is 26.2 Å². The van der Waals surface area contributed by atoms with E-state index in [-0.39, 0.29) is 17.9 Å². The molecule has 1 aliphatic rings. The number of nitrogens with two attached hydrogens (primary N) is 1. The smallest absolute Gasteiger partial charge is 0.147 e. The Morgan fingerprint density at radius 3 is 2.82 bits per heavy atom. The van der Waals surface area contributed by atoms with Gasteiger partial charge < -0.3 is 10.5 Å². The summed E-state index contributed by atoms with van der Waals surface area (Å²) in [5, 5.41) is 0. The summed E-state index contributed by atoms with van der Waals surface area (Å²) in [6, 6.07) is -0.0638. The molecule has 1 heterocycles. The van der Waals surface area contributed by atoms with Gasteiger partial charge in [-0.25, -0.2) is 8.42 Å². The fourth-order valence-electron chi connectivity index (χ4n) is 2.04. The van der Waals surface area contributed by atoms with E-state index in [0.29, 0.717) is 12.8 Å². The maximum atomic E-state index is 11.0. The molecule has 5 nitrogen and oxygen atoms in total. The minimum atomic E-state index is -2.87. The molecule has 6 heteroatoms. The van der Waals surface area contributed by atoms with Crippen LogP contribution in [0.2, 0.25) is 0 Å². The molecule has 2 N–H and O–H groups in total. The van der Waals surface area contributed by atoms with E-state index in [1.54, 1.807) is 0 Å². The Morgan fingerprint density at radius 1 is 1.53 bits per heavy atom. The molecule has 1 rings (SSSR count). The average molecular weight is 264 g/mol. The number of rotatable bonds is 6. The highest BCUT2D eigenvalue weighted by Crippen LogP contribution is 2.11. The Balaban J connectivity index is 2.29. The van der Waals surface area contributed by atoms with Gasteiger partial charge in [-0.3, -0.25) is 4.90 Å². The van der Waals surface area contributed by atoms with E-state index in [4.69, 9.17) is 10.5 Å². The molecule has 1 saturated heterocycles. The van der Waals surface area contributed by atoms with Gasteiger partial charge in [-0.1, -0.05) is 6.92 Å². The van der Waals surface area contributed by atoms with Crippen molar-refractivity contribution in [3.05, 3.63) is 0 Å². The molecule has 0 bridgehead atoms. The topological polar surface area (TPSA) is 72.6 Å². The predicted octanol–water partition coefficient (Wildman–Crippen LogP) is -0.141. The first kappa shape index (κ1) is 14.9. The Hall–Kier alpha value is -0.170. The molecule has 1 aliphatic heterocycles. The molecule has 0 spiro atoms. The first-order valence-corrected chi connectivity index (χ1v) is 8.25. The fourth-order valence-corrected chi connectivity index (χ4v) is 2.74. The summed E-state index contributed by atoms with van der Waals surface area (Å²) in [4.78, 5) is 2.31. The minimum Gasteiger partial charge on any atom is -0.374 e. The van der Waals surface area contributed by atoms with E-state index < -0.39 is 9.84 Å². The second-order valence-corrected chi connectivity index (χ2v) is 7.00. The molecule has 0 saturated carbocycles. The van der Waals surface area contributed by atoms with Crippen molar-refractivity contribution in [3.63, 3.8) is 0 Å². The lowest BCUT2D eigenvalue weighted by Gasteiger charge is -2.35. The van der Waals surface area contributed by atoms with Crippen LogP contribution in [0.4, 0.5) is 0 Å². The van der Waals surface area contributed by atoms with Gasteiger partial charge in [0.25, 0.3) is 0 Å². The monoisotopic (exact) mass is 264 g/mol. The molecular formula is C11H24N2O3S. The maximum Gasteiger partial charge on any atom is 0.147 e. The van der Waals surface area contributed by atoms with Crippen molar-refractivity contribution in [1.82, 2.24) is 4.90 Å². The molecule has 2 atom stereocenters. The van der Waals surface area contributed by atoms with Crippen molar-refractivity contribution in [1.29, 1.82) is 0 Å². The van der Waals surface area contributed by atoms with Gasteiger partial charge in [0.2, 0.25) is 0 Å². The van der Waals surface area contributed by atoms with E-state index in [9.17, 15) is 8.42 Å². The van der Waals surface area contributed by atoms with Gasteiger partial charge in [-0.2, -0.15) is 0 Å². The summed E-state index contributed by atoms with van der Waals surface area (Å²) in [5.74, 6) is 0.213. The molecule has 0 radical (unpaired) electrons. The lowest BCUT2D eigenvalue weighted by atomic mass is 10.1. The Labute approximate surface area is 104 Å². The van der Waals surface area contributed by atoms with Crippen molar-refractivity contribution in [2.24, 2.45) is 5.73 Å². The van der Waals surface area contributed by atoms with E-state index in [1.165, 1.54) is 6.26 Å². The lowest BCUT2D eigenvalue weighted by Crippen LogP contribution is -2.50. The molecule has 17 heavy (non-hydrogen) atoms. The molecule has 1 fully saturated rings. The highest BCUT2D eigenvalue weighted by Gasteiger charge is 2.24. The third-order valence-corrected chi connectivity index (χ3v) is 4.19. The quantitative estimate of drug-likeness (QED) is 0.723. The van der Waals surface area contributed by atoms with Crippen LogP contribution in [0.15, 0.2) is 0 Å². The average Bonchev–Trinajstić information content (AvgIpc) is 2.27. The first-order valence-electron chi connectivity index (χ1n) is 6.19. The fraction of sp³-hybridized carbons (Fsp3) is 1.00. The number of hydrogen-bond acceptors (Lipinski definition) is 5. The third kappa shape index (κ3) is 5.81. The van der Waals surface area contributed by atoms with Gasteiger partial charge in [0.05, 0.1) is 12.7 Å². The van der Waals surface area contributed by atoms with Gasteiger partial charge in [-0.15, -0.1) is 0 Å². The first-order chi connectivity index (χ1) is 7.92. The van der Waals surface area contributed by atoms with Crippen LogP contribution in [0.5, 0.6) is 0 Å². The van der Waals surface area contributed by atoms with Gasteiger partial charge >= 0.3 is 0 Å². The summed E-state index contributed by atoms with van der Waals surface area (Å²) >= 11 is 0. The molecule has 102 valence electrons. The van der Waals surface area contributed by atoms with Crippen LogP contribution in [0.1, 0.15) is 19.8 Å². The Morgan fingerprint density at radius 2 is 2.24 bits per heavy atom. The summed E-state index contributed by atoms with van der Waals surface area (Å²) in [6.07, 6.45) is 2.62. The Kier molecular flexibility index (Phi) is 5.85. The molecule has 0 aliphatic carbocycles. The zero-order valence-electron chi connectivity index (χ0n) is 10.8. The van der Waals surface area contributed by atoms with Gasteiger partial charge in [0.15, 0.2) is 0 Å². The Bertz CT molecular complexity index is 319. The molecule has 0 amide bonds. The number of ether oxygens (including phenoxy) is 1. The summed E-state index contributed by atoms with van der Waals surface area (Å²) in [5.41, 5.74) is 6.05. The van der Waals surface area contributed by atoms with Crippen LogP contribution >= 0.6 is 0 Å². The van der Waals surface area contributed by atoms with E-state index in [2.05, 4.69) is 11.8 Å². The summed E-state index contributed by atoms with van der Waals surface area (Å²) < 4.78 is 27.7. The van der Waals surface area contributed by atoms with Crippen LogP contribution in [0.3, 0.4) is 0 Å². The van der Waals surface area contributed by atoms with Gasteiger partial charge in [-0.05, 0) is 19.4 Å². The van der Waals surface area contributed by atoms with E-state index >= 15 is 0 Å². The zero-order chi connectivity index (χ0) is 12.9. The standard InChI is InChI=1S/C11H24N2O3S/c1-3-13-6-7-16-11(9-13)10(12)5-4-8-17(2,14)15/h10-11H,3-9,12H2,1-2H3. The molecule has 0 aromatic heterocycles. The number of morpholine rings is 1. The highest BCUT2D eigenvalue weighted by molar-refractivity contribution is 7.90. The second kappa shape index (κ2) is 6.68. The van der Waals surface area contributed by atoms with Gasteiger partial charge in [0, 0.05) is 31.1 Å². The molecule has 2 unspecified atom stereocenters. The van der Waals surface area contributed by atoms with Crippen molar-refractivity contribution < 1.29 is 13.2 Å². The van der Waals surface area contributed by atoms with Crippen LogP contribution < -0.4 is 5.73 Å². The van der Waals surface area contributed by atoms with Crippen molar-refractivity contribution in [2.45, 2.75) is 31.9 Å². The molecular weight excluding hydrogens is 240 g/mol. The van der Waals surface area contributed by atoms with Crippen LogP contribution in [-0.4, -0.2) is 63.7 Å². The normalized spacial score (nSPS) is 24.8. The van der Waals surface area contributed by atoms with Crippen LogP contribution in [-0.2, 0) is 14.6 Å². The van der Waals surface area contributed by atoms with Crippen molar-refractivity contribution in [2.75, 3.05) is 38.2 Å². The van der Waals surface area contributed by atoms with E-state index in [1.807, 2.05) is 0 Å². The van der Waals surface area contributed by atoms with Gasteiger partial charge in [0.1, 0.15) is 9.84 Å². The third-order valence-electron chi connectivity index (χ3n) is 3.15. The summed E-state index contributed by atoms with van der Waals surface area (Å²) in [7, 11) is -2.87. The number of hydrogen-bond donors (Lipinski definition) is 1. The van der Waals surface area contributed by atoms with Crippen LogP contribution in [0, 0.1) is 0 Å². The minimum absolute atomic E-state index is 0.0447. The molecule has 0 aromatic carbocycles. The molecule has 0 aromatic rings. The highest BCUT2D eigenvalue weighted by atomic mass is 32.2. The number of sulfone groups is 1.